The van der Waals surface area contributed by atoms with Crippen molar-refractivity contribution < 1.29 is 18.7 Å². The second-order valence-corrected chi connectivity index (χ2v) is 2.83. The van der Waals surface area contributed by atoms with Crippen molar-refractivity contribution in [2.75, 3.05) is 0 Å². The molecule has 78 valence electrons. The van der Waals surface area contributed by atoms with Crippen LogP contribution in [0.15, 0.2) is 24.8 Å². The van der Waals surface area contributed by atoms with Crippen LogP contribution in [0.3, 0.4) is 0 Å². The van der Waals surface area contributed by atoms with Crippen LogP contribution in [-0.4, -0.2) is 25.4 Å². The molecule has 2 aromatic rings. The van der Waals surface area contributed by atoms with Crippen LogP contribution >= 0.6 is 0 Å². The number of aromatic nitrogens is 3. The van der Waals surface area contributed by atoms with Gasteiger partial charge in [0.2, 0.25) is 0 Å². The van der Waals surface area contributed by atoms with Gasteiger partial charge in [-0.15, -0.1) is 0 Å². The van der Waals surface area contributed by atoms with Gasteiger partial charge in [-0.3, -0.25) is 9.38 Å². The number of nitrogens with zero attached hydrogens (tertiary/aromatic N) is 3. The fourth-order valence-corrected chi connectivity index (χ4v) is 1.18. The van der Waals surface area contributed by atoms with Crippen LogP contribution in [0.25, 0.3) is 5.65 Å². The summed E-state index contributed by atoms with van der Waals surface area (Å²) in [6.07, 6.45) is 4.59. The Labute approximate surface area is 82.0 Å². The number of alkyl halides is 2. The minimum Gasteiger partial charge on any atom is -0.476 e. The number of aliphatic carboxylic acids is 1. The van der Waals surface area contributed by atoms with Gasteiger partial charge in [-0.1, -0.05) is 0 Å². The van der Waals surface area contributed by atoms with E-state index >= 15 is 0 Å². The number of imidazole rings is 1. The van der Waals surface area contributed by atoms with E-state index in [1.54, 1.807) is 0 Å². The number of halogens is 2. The SMILES string of the molecule is O=C(O)C(F)(F)c1cnc2cnccn12. The lowest BCUT2D eigenvalue weighted by atomic mass is 10.2. The molecular formula is C8H5F2N3O2. The monoisotopic (exact) mass is 213 g/mol. The van der Waals surface area contributed by atoms with Gasteiger partial charge < -0.3 is 5.11 Å². The zero-order valence-corrected chi connectivity index (χ0v) is 7.26. The Morgan fingerprint density at radius 2 is 2.20 bits per heavy atom. The Bertz CT molecular complexity index is 523. The summed E-state index contributed by atoms with van der Waals surface area (Å²) in [6, 6.07) is 0. The lowest BCUT2D eigenvalue weighted by molar-refractivity contribution is -0.167. The highest BCUT2D eigenvalue weighted by molar-refractivity contribution is 5.77. The molecule has 0 atom stereocenters. The third-order valence-electron chi connectivity index (χ3n) is 1.91. The summed E-state index contributed by atoms with van der Waals surface area (Å²) in [6.45, 7) is 0. The predicted molar refractivity (Wildman–Crippen MR) is 44.5 cm³/mol. The Hall–Kier alpha value is -2.05. The minimum atomic E-state index is -3.96. The third kappa shape index (κ3) is 1.32. The lowest BCUT2D eigenvalue weighted by Crippen LogP contribution is -2.26. The van der Waals surface area contributed by atoms with Crippen LogP contribution in [0.1, 0.15) is 5.69 Å². The first kappa shape index (κ1) is 9.50. The molecule has 0 saturated heterocycles. The highest BCUT2D eigenvalue weighted by atomic mass is 19.3. The first-order chi connectivity index (χ1) is 7.03. The van der Waals surface area contributed by atoms with Crippen molar-refractivity contribution >= 4 is 11.6 Å². The Morgan fingerprint density at radius 1 is 1.47 bits per heavy atom. The normalized spacial score (nSPS) is 11.9. The zero-order chi connectivity index (χ0) is 11.1. The molecule has 1 N–H and O–H groups in total. The summed E-state index contributed by atoms with van der Waals surface area (Å²) in [7, 11) is 0. The number of carboxylic acid groups (broad SMARTS) is 1. The smallest absolute Gasteiger partial charge is 0.384 e. The lowest BCUT2D eigenvalue weighted by Gasteiger charge is -2.09. The number of hydrogen-bond donors (Lipinski definition) is 1. The molecule has 0 spiro atoms. The topological polar surface area (TPSA) is 67.5 Å². The van der Waals surface area contributed by atoms with Gasteiger partial charge in [-0.05, 0) is 0 Å². The van der Waals surface area contributed by atoms with E-state index < -0.39 is 17.6 Å². The predicted octanol–water partition coefficient (Wildman–Crippen LogP) is 0.906. The van der Waals surface area contributed by atoms with Gasteiger partial charge in [0, 0.05) is 12.4 Å². The van der Waals surface area contributed by atoms with Crippen molar-refractivity contribution in [3.8, 4) is 0 Å². The number of rotatable bonds is 2. The van der Waals surface area contributed by atoms with Crippen molar-refractivity contribution in [1.29, 1.82) is 0 Å². The molecule has 0 aliphatic rings. The molecule has 0 aliphatic heterocycles. The molecule has 0 radical (unpaired) electrons. The fraction of sp³-hybridized carbons (Fsp3) is 0.125. The maximum atomic E-state index is 13.2. The van der Waals surface area contributed by atoms with Gasteiger partial charge in [-0.25, -0.2) is 9.78 Å². The summed E-state index contributed by atoms with van der Waals surface area (Å²) >= 11 is 0. The van der Waals surface area contributed by atoms with Gasteiger partial charge in [0.15, 0.2) is 5.65 Å². The molecule has 5 nitrogen and oxygen atoms in total. The maximum Gasteiger partial charge on any atom is 0.384 e. The Kier molecular flexibility index (Phi) is 1.88. The van der Waals surface area contributed by atoms with E-state index in [1.807, 2.05) is 0 Å². The van der Waals surface area contributed by atoms with Gasteiger partial charge in [0.05, 0.1) is 12.4 Å². The molecular weight excluding hydrogens is 208 g/mol. The Morgan fingerprint density at radius 3 is 2.87 bits per heavy atom. The summed E-state index contributed by atoms with van der Waals surface area (Å²) in [5.41, 5.74) is -0.513. The van der Waals surface area contributed by atoms with Crippen molar-refractivity contribution in [2.24, 2.45) is 0 Å². The maximum absolute atomic E-state index is 13.2. The van der Waals surface area contributed by atoms with E-state index in [9.17, 15) is 13.6 Å². The van der Waals surface area contributed by atoms with Crippen molar-refractivity contribution in [2.45, 2.75) is 5.92 Å². The first-order valence-electron chi connectivity index (χ1n) is 3.92. The summed E-state index contributed by atoms with van der Waals surface area (Å²) in [5.74, 6) is -6.16. The average Bonchev–Trinajstić information content (AvgIpc) is 2.61. The number of fused-ring (bicyclic) bond motifs is 1. The van der Waals surface area contributed by atoms with Crippen LogP contribution < -0.4 is 0 Å². The standard InChI is InChI=1S/C8H5F2N3O2/c9-8(10,7(14)15)5-3-12-6-4-11-1-2-13(5)6/h1-4H,(H,14,15). The molecule has 2 rings (SSSR count). The van der Waals surface area contributed by atoms with E-state index in [-0.39, 0.29) is 5.65 Å². The van der Waals surface area contributed by atoms with Gasteiger partial charge >= 0.3 is 11.9 Å². The summed E-state index contributed by atoms with van der Waals surface area (Å²) < 4.78 is 27.3. The second-order valence-electron chi connectivity index (χ2n) is 2.83. The van der Waals surface area contributed by atoms with Crippen LogP contribution in [-0.2, 0) is 10.7 Å². The zero-order valence-electron chi connectivity index (χ0n) is 7.26. The molecule has 0 unspecified atom stereocenters. The third-order valence-corrected chi connectivity index (χ3v) is 1.91. The molecule has 0 aliphatic carbocycles. The molecule has 0 bridgehead atoms. The highest BCUT2D eigenvalue weighted by Crippen LogP contribution is 2.28. The molecule has 2 aromatic heterocycles. The van der Waals surface area contributed by atoms with Crippen LogP contribution in [0.4, 0.5) is 8.78 Å². The molecule has 0 fully saturated rings. The minimum absolute atomic E-state index is 0.174. The number of carboxylic acids is 1. The van der Waals surface area contributed by atoms with E-state index in [0.717, 1.165) is 10.6 Å². The largest absolute Gasteiger partial charge is 0.476 e. The van der Waals surface area contributed by atoms with Crippen molar-refractivity contribution in [1.82, 2.24) is 14.4 Å². The molecule has 0 saturated carbocycles. The Balaban J connectivity index is 2.67. The van der Waals surface area contributed by atoms with E-state index in [2.05, 4.69) is 9.97 Å². The molecule has 2 heterocycles. The first-order valence-corrected chi connectivity index (χ1v) is 3.92. The second kappa shape index (κ2) is 2.97. The summed E-state index contributed by atoms with van der Waals surface area (Å²) in [5, 5.41) is 8.37. The van der Waals surface area contributed by atoms with E-state index in [4.69, 9.17) is 5.11 Å². The number of hydrogen-bond acceptors (Lipinski definition) is 3. The molecule has 7 heteroatoms. The highest BCUT2D eigenvalue weighted by Gasteiger charge is 2.43. The average molecular weight is 213 g/mol. The molecule has 15 heavy (non-hydrogen) atoms. The van der Waals surface area contributed by atoms with Crippen molar-refractivity contribution in [3.05, 3.63) is 30.5 Å². The van der Waals surface area contributed by atoms with Gasteiger partial charge in [0.25, 0.3) is 0 Å². The van der Waals surface area contributed by atoms with Crippen LogP contribution in [0, 0.1) is 0 Å². The van der Waals surface area contributed by atoms with Crippen LogP contribution in [0.2, 0.25) is 0 Å². The van der Waals surface area contributed by atoms with Crippen LogP contribution in [0.5, 0.6) is 0 Å². The van der Waals surface area contributed by atoms with Gasteiger partial charge in [0.1, 0.15) is 5.69 Å². The van der Waals surface area contributed by atoms with E-state index in [1.165, 1.54) is 18.6 Å². The summed E-state index contributed by atoms with van der Waals surface area (Å²) in [4.78, 5) is 17.7. The van der Waals surface area contributed by atoms with Gasteiger partial charge in [-0.2, -0.15) is 8.78 Å². The van der Waals surface area contributed by atoms with Crippen molar-refractivity contribution in [3.63, 3.8) is 0 Å². The number of carbonyl (C=O) groups is 1. The fourth-order valence-electron chi connectivity index (χ4n) is 1.18. The molecule has 0 amide bonds. The van der Waals surface area contributed by atoms with E-state index in [0.29, 0.717) is 0 Å². The quantitative estimate of drug-likeness (QED) is 0.804. The molecule has 0 aromatic carbocycles.